The van der Waals surface area contributed by atoms with Crippen molar-refractivity contribution in [3.05, 3.63) is 58.1 Å². The highest BCUT2D eigenvalue weighted by atomic mass is 16.6. The van der Waals surface area contributed by atoms with Crippen molar-refractivity contribution in [1.29, 1.82) is 0 Å². The Labute approximate surface area is 123 Å². The Hall–Kier alpha value is -2.62. The first-order valence-electron chi connectivity index (χ1n) is 6.61. The summed E-state index contributed by atoms with van der Waals surface area (Å²) in [5, 5.41) is 0. The van der Waals surface area contributed by atoms with E-state index in [0.29, 0.717) is 23.7 Å². The van der Waals surface area contributed by atoms with Gasteiger partial charge in [0.25, 0.3) is 0 Å². The third-order valence-corrected chi connectivity index (χ3v) is 3.28. The topological polar surface area (TPSA) is 55.4 Å². The van der Waals surface area contributed by atoms with Crippen molar-refractivity contribution < 1.29 is 14.4 Å². The predicted molar refractivity (Wildman–Crippen MR) is 82.1 cm³/mol. The molecule has 4 heteroatoms. The summed E-state index contributed by atoms with van der Waals surface area (Å²) in [7, 11) is 0. The standard InChI is InChI=1S/C17H17NO3/c1-11-7-14(9-19)17(15(8-11)10-20)21-18-16-12(2)5-4-6-13(16)3/h4-10,18H,1-3H3. The van der Waals surface area contributed by atoms with Crippen molar-refractivity contribution in [1.82, 2.24) is 0 Å². The molecule has 0 spiro atoms. The number of rotatable bonds is 5. The van der Waals surface area contributed by atoms with Crippen LogP contribution in [0, 0.1) is 20.8 Å². The van der Waals surface area contributed by atoms with E-state index in [2.05, 4.69) is 5.48 Å². The van der Waals surface area contributed by atoms with Crippen LogP contribution in [0.1, 0.15) is 37.4 Å². The number of hydrogen-bond acceptors (Lipinski definition) is 4. The van der Waals surface area contributed by atoms with Crippen LogP contribution >= 0.6 is 0 Å². The first-order valence-corrected chi connectivity index (χ1v) is 6.61. The Morgan fingerprint density at radius 1 is 0.952 bits per heavy atom. The van der Waals surface area contributed by atoms with E-state index >= 15 is 0 Å². The number of benzene rings is 2. The predicted octanol–water partition coefficient (Wildman–Crippen LogP) is 3.64. The molecule has 1 N–H and O–H groups in total. The first kappa shape index (κ1) is 14.8. The van der Waals surface area contributed by atoms with Gasteiger partial charge in [-0.3, -0.25) is 9.59 Å². The van der Waals surface area contributed by atoms with E-state index in [1.165, 1.54) is 0 Å². The van der Waals surface area contributed by atoms with Crippen LogP contribution in [-0.2, 0) is 0 Å². The van der Waals surface area contributed by atoms with Gasteiger partial charge in [-0.2, -0.15) is 0 Å². The van der Waals surface area contributed by atoms with Gasteiger partial charge in [0.15, 0.2) is 18.3 Å². The maximum atomic E-state index is 11.2. The molecule has 108 valence electrons. The molecule has 4 nitrogen and oxygen atoms in total. The van der Waals surface area contributed by atoms with Crippen LogP contribution in [0.25, 0.3) is 0 Å². The molecule has 2 aromatic carbocycles. The zero-order valence-electron chi connectivity index (χ0n) is 12.3. The van der Waals surface area contributed by atoms with E-state index in [9.17, 15) is 9.59 Å². The lowest BCUT2D eigenvalue weighted by atomic mass is 10.1. The lowest BCUT2D eigenvalue weighted by Crippen LogP contribution is -2.11. The highest BCUT2D eigenvalue weighted by Gasteiger charge is 2.12. The molecule has 0 amide bonds. The summed E-state index contributed by atoms with van der Waals surface area (Å²) in [5.41, 5.74) is 7.23. The lowest BCUT2D eigenvalue weighted by molar-refractivity contribution is 0.111. The second-order valence-corrected chi connectivity index (χ2v) is 4.98. The minimum absolute atomic E-state index is 0.244. The maximum absolute atomic E-state index is 11.2. The molecule has 0 radical (unpaired) electrons. The third kappa shape index (κ3) is 3.11. The zero-order valence-corrected chi connectivity index (χ0v) is 12.3. The van der Waals surface area contributed by atoms with Gasteiger partial charge >= 0.3 is 0 Å². The van der Waals surface area contributed by atoms with Crippen LogP contribution in [0.4, 0.5) is 5.69 Å². The molecular formula is C17H17NO3. The number of hydrogen-bond donors (Lipinski definition) is 1. The Kier molecular flexibility index (Phi) is 4.38. The minimum atomic E-state index is 0.244. The molecular weight excluding hydrogens is 266 g/mol. The number of nitrogens with one attached hydrogen (secondary N) is 1. The quantitative estimate of drug-likeness (QED) is 0.672. The molecule has 0 fully saturated rings. The normalized spacial score (nSPS) is 10.0. The Morgan fingerprint density at radius 2 is 1.48 bits per heavy atom. The monoisotopic (exact) mass is 283 g/mol. The summed E-state index contributed by atoms with van der Waals surface area (Å²) in [6, 6.07) is 9.23. The van der Waals surface area contributed by atoms with E-state index in [-0.39, 0.29) is 5.75 Å². The number of carbonyl (C=O) groups is 2. The molecule has 21 heavy (non-hydrogen) atoms. The van der Waals surface area contributed by atoms with Gasteiger partial charge in [0.05, 0.1) is 16.8 Å². The number of anilines is 1. The maximum Gasteiger partial charge on any atom is 0.176 e. The summed E-state index contributed by atoms with van der Waals surface area (Å²) in [5.74, 6) is 0.244. The van der Waals surface area contributed by atoms with Gasteiger partial charge in [-0.15, -0.1) is 0 Å². The fraction of sp³-hybridized carbons (Fsp3) is 0.176. The molecule has 0 aliphatic rings. The number of aldehydes is 2. The van der Waals surface area contributed by atoms with Gasteiger partial charge in [0, 0.05) is 0 Å². The minimum Gasteiger partial charge on any atom is -0.381 e. The molecule has 0 unspecified atom stereocenters. The fourth-order valence-corrected chi connectivity index (χ4v) is 2.20. The SMILES string of the molecule is Cc1cc(C=O)c(ONc2c(C)cccc2C)c(C=O)c1. The molecule has 0 saturated carbocycles. The van der Waals surface area contributed by atoms with Gasteiger partial charge < -0.3 is 4.84 Å². The molecule has 0 atom stereocenters. The molecule has 0 aliphatic heterocycles. The summed E-state index contributed by atoms with van der Waals surface area (Å²) in [6.45, 7) is 5.73. The summed E-state index contributed by atoms with van der Waals surface area (Å²) < 4.78 is 0. The highest BCUT2D eigenvalue weighted by Crippen LogP contribution is 2.26. The molecule has 0 aliphatic carbocycles. The molecule has 0 heterocycles. The number of aryl methyl sites for hydroxylation is 3. The average Bonchev–Trinajstić information content (AvgIpc) is 2.47. The average molecular weight is 283 g/mol. The van der Waals surface area contributed by atoms with Gasteiger partial charge in [-0.1, -0.05) is 18.2 Å². The van der Waals surface area contributed by atoms with Crippen LogP contribution in [0.5, 0.6) is 5.75 Å². The summed E-state index contributed by atoms with van der Waals surface area (Å²) in [6.07, 6.45) is 1.36. The first-order chi connectivity index (χ1) is 10.1. The largest absolute Gasteiger partial charge is 0.381 e. The third-order valence-electron chi connectivity index (χ3n) is 3.28. The fourth-order valence-electron chi connectivity index (χ4n) is 2.20. The van der Waals surface area contributed by atoms with Gasteiger partial charge in [-0.05, 0) is 49.6 Å². The number of para-hydroxylation sites is 1. The lowest BCUT2D eigenvalue weighted by Gasteiger charge is -2.15. The second kappa shape index (κ2) is 6.22. The Morgan fingerprint density at radius 3 is 1.95 bits per heavy atom. The van der Waals surface area contributed by atoms with Crippen LogP contribution in [0.15, 0.2) is 30.3 Å². The van der Waals surface area contributed by atoms with E-state index < -0.39 is 0 Å². The molecule has 2 aromatic rings. The summed E-state index contributed by atoms with van der Waals surface area (Å²) >= 11 is 0. The van der Waals surface area contributed by atoms with Crippen LogP contribution in [0.3, 0.4) is 0 Å². The molecule has 0 bridgehead atoms. The zero-order chi connectivity index (χ0) is 15.4. The van der Waals surface area contributed by atoms with E-state index in [1.54, 1.807) is 12.1 Å². The van der Waals surface area contributed by atoms with Crippen molar-refractivity contribution in [2.24, 2.45) is 0 Å². The van der Waals surface area contributed by atoms with E-state index in [4.69, 9.17) is 4.84 Å². The molecule has 0 aromatic heterocycles. The van der Waals surface area contributed by atoms with Crippen molar-refractivity contribution in [2.45, 2.75) is 20.8 Å². The van der Waals surface area contributed by atoms with Crippen LogP contribution < -0.4 is 10.3 Å². The van der Waals surface area contributed by atoms with Gasteiger partial charge in [0.1, 0.15) is 0 Å². The smallest absolute Gasteiger partial charge is 0.176 e. The van der Waals surface area contributed by atoms with Crippen molar-refractivity contribution in [2.75, 3.05) is 5.48 Å². The van der Waals surface area contributed by atoms with Crippen molar-refractivity contribution >= 4 is 18.3 Å². The van der Waals surface area contributed by atoms with Crippen LogP contribution in [0.2, 0.25) is 0 Å². The van der Waals surface area contributed by atoms with Crippen molar-refractivity contribution in [3.63, 3.8) is 0 Å². The summed E-state index contributed by atoms with van der Waals surface area (Å²) in [4.78, 5) is 27.9. The number of carbonyl (C=O) groups excluding carboxylic acids is 2. The van der Waals surface area contributed by atoms with Crippen molar-refractivity contribution in [3.8, 4) is 5.75 Å². The van der Waals surface area contributed by atoms with Crippen LogP contribution in [-0.4, -0.2) is 12.6 Å². The van der Waals surface area contributed by atoms with Gasteiger partial charge in [0.2, 0.25) is 0 Å². The molecule has 2 rings (SSSR count). The Balaban J connectivity index is 2.36. The van der Waals surface area contributed by atoms with E-state index in [0.717, 1.165) is 22.4 Å². The second-order valence-electron chi connectivity index (χ2n) is 4.98. The Bertz CT molecular complexity index is 643. The van der Waals surface area contributed by atoms with Gasteiger partial charge in [-0.25, -0.2) is 5.48 Å². The molecule has 0 saturated heterocycles. The highest BCUT2D eigenvalue weighted by molar-refractivity contribution is 5.89. The van der Waals surface area contributed by atoms with E-state index in [1.807, 2.05) is 39.0 Å².